The van der Waals surface area contributed by atoms with Crippen LogP contribution in [0, 0.1) is 22.7 Å². The molecular weight excluding hydrogens is 532 g/mol. The lowest BCUT2D eigenvalue weighted by molar-refractivity contribution is -0.344. The highest BCUT2D eigenvalue weighted by Crippen LogP contribution is 2.63. The molecule has 7 atom stereocenters. The summed E-state index contributed by atoms with van der Waals surface area (Å²) in [5.41, 5.74) is 1.74. The third kappa shape index (κ3) is 6.14. The van der Waals surface area contributed by atoms with E-state index in [2.05, 4.69) is 20.4 Å². The Labute approximate surface area is 242 Å². The molecule has 3 heterocycles. The highest BCUT2D eigenvalue weighted by atomic mass is 33.1. The smallest absolute Gasteiger partial charge is 0.337 e. The van der Waals surface area contributed by atoms with Crippen molar-refractivity contribution >= 4 is 33.5 Å². The summed E-state index contributed by atoms with van der Waals surface area (Å²) in [6, 6.07) is 0. The average molecular weight is 579 g/mol. The summed E-state index contributed by atoms with van der Waals surface area (Å²) in [5, 5.41) is 0.722. The Bertz CT molecular complexity index is 988. The summed E-state index contributed by atoms with van der Waals surface area (Å²) in [7, 11) is 3.93. The fourth-order valence-corrected chi connectivity index (χ4v) is 11.0. The molecule has 218 valence electrons. The molecule has 0 radical (unpaired) electrons. The first kappa shape index (κ1) is 29.5. The topological polar surface area (TPSA) is 71.1 Å². The lowest BCUT2D eigenvalue weighted by Gasteiger charge is -2.63. The van der Waals surface area contributed by atoms with E-state index in [1.807, 2.05) is 41.5 Å². The zero-order valence-corrected chi connectivity index (χ0v) is 25.8. The van der Waals surface area contributed by atoms with Gasteiger partial charge >= 0.3 is 11.9 Å². The van der Waals surface area contributed by atoms with Gasteiger partial charge < -0.3 is 18.9 Å². The van der Waals surface area contributed by atoms with Crippen LogP contribution in [0.25, 0.3) is 0 Å². The summed E-state index contributed by atoms with van der Waals surface area (Å²) >= 11 is 0. The molecule has 0 aromatic carbocycles. The predicted octanol–water partition coefficient (Wildman–Crippen LogP) is 7.03. The molecule has 0 aromatic heterocycles. The molecule has 8 heteroatoms. The van der Waals surface area contributed by atoms with Crippen LogP contribution in [0.1, 0.15) is 91.9 Å². The van der Waals surface area contributed by atoms with Crippen molar-refractivity contribution in [1.82, 2.24) is 0 Å². The number of hydrogen-bond donors (Lipinski definition) is 0. The van der Waals surface area contributed by atoms with Crippen molar-refractivity contribution in [1.29, 1.82) is 0 Å². The number of carbonyl (C=O) groups is 2. The first-order chi connectivity index (χ1) is 18.5. The number of ether oxygens (including phenoxy) is 4. The van der Waals surface area contributed by atoms with E-state index < -0.39 is 11.9 Å². The Balaban J connectivity index is 1.21. The van der Waals surface area contributed by atoms with E-state index >= 15 is 0 Å². The van der Waals surface area contributed by atoms with Gasteiger partial charge in [-0.25, -0.2) is 4.79 Å². The zero-order chi connectivity index (χ0) is 27.8. The van der Waals surface area contributed by atoms with Crippen LogP contribution >= 0.6 is 21.6 Å². The molecule has 2 saturated carbocycles. The van der Waals surface area contributed by atoms with Crippen molar-refractivity contribution in [2.24, 2.45) is 22.7 Å². The second-order valence-corrected chi connectivity index (χ2v) is 16.0. The number of fused-ring (bicyclic) bond motifs is 3. The fraction of sp³-hybridized carbons (Fsp3) is 0.806. The fourth-order valence-electron chi connectivity index (χ4n) is 7.94. The Kier molecular flexibility index (Phi) is 8.88. The van der Waals surface area contributed by atoms with Gasteiger partial charge in [0.25, 0.3) is 0 Å². The Morgan fingerprint density at radius 1 is 1.15 bits per heavy atom. The number of rotatable bonds is 8. The van der Waals surface area contributed by atoms with Crippen molar-refractivity contribution < 1.29 is 28.5 Å². The third-order valence-electron chi connectivity index (χ3n) is 10.2. The van der Waals surface area contributed by atoms with Gasteiger partial charge in [0, 0.05) is 22.8 Å². The van der Waals surface area contributed by atoms with Gasteiger partial charge in [-0.15, -0.1) is 0 Å². The standard InChI is InChI=1S/C31H46O6S2/c1-20-10-13-25-30(4,16-14-26-31(25,5)19-35-29(2,3)37-26)23(20)12-11-22-24(18-34-28(22)33)36-27(32)9-7-6-8-21-15-17-38-39-21/h11,21,23-26H,1,6-10,12-19H2,2-5H3/b22-11+/t21?,23-,24-,25?,26?,30+,31+/m1/s1. The Hall–Kier alpha value is -0.960. The molecule has 39 heavy (non-hydrogen) atoms. The zero-order valence-electron chi connectivity index (χ0n) is 24.1. The maximum absolute atomic E-state index is 12.6. The number of allylic oxidation sites excluding steroid dienone is 2. The number of unbranched alkanes of at least 4 members (excludes halogenated alkanes) is 1. The molecule has 6 nitrogen and oxygen atoms in total. The van der Waals surface area contributed by atoms with Crippen LogP contribution in [-0.4, -0.2) is 54.2 Å². The molecule has 5 fully saturated rings. The van der Waals surface area contributed by atoms with Crippen molar-refractivity contribution in [3.8, 4) is 0 Å². The summed E-state index contributed by atoms with van der Waals surface area (Å²) in [4.78, 5) is 25.2. The van der Waals surface area contributed by atoms with Crippen LogP contribution in [-0.2, 0) is 28.5 Å². The lowest BCUT2D eigenvalue weighted by Crippen LogP contribution is -2.62. The Morgan fingerprint density at radius 2 is 1.97 bits per heavy atom. The van der Waals surface area contributed by atoms with E-state index in [1.54, 1.807) is 0 Å². The van der Waals surface area contributed by atoms with Gasteiger partial charge in [-0.1, -0.05) is 60.1 Å². The van der Waals surface area contributed by atoms with Gasteiger partial charge in [0.1, 0.15) is 6.61 Å². The van der Waals surface area contributed by atoms with Crippen LogP contribution in [0.5, 0.6) is 0 Å². The maximum Gasteiger partial charge on any atom is 0.337 e. The number of esters is 2. The van der Waals surface area contributed by atoms with E-state index in [0.29, 0.717) is 30.9 Å². The van der Waals surface area contributed by atoms with Crippen LogP contribution in [0.3, 0.4) is 0 Å². The quantitative estimate of drug-likeness (QED) is 0.1000. The minimum atomic E-state index is -0.608. The molecular formula is C31H46O6S2. The van der Waals surface area contributed by atoms with E-state index in [9.17, 15) is 9.59 Å². The minimum Gasteiger partial charge on any atom is -0.458 e. The van der Waals surface area contributed by atoms with Gasteiger partial charge in [0.05, 0.1) is 18.3 Å². The molecule has 5 aliphatic rings. The van der Waals surface area contributed by atoms with E-state index in [0.717, 1.165) is 50.2 Å². The summed E-state index contributed by atoms with van der Waals surface area (Å²) in [5.74, 6) is 0.782. The van der Waals surface area contributed by atoms with Crippen LogP contribution < -0.4 is 0 Å². The summed E-state index contributed by atoms with van der Waals surface area (Å²) in [6.45, 7) is 14.1. The first-order valence-corrected chi connectivity index (χ1v) is 17.2. The molecule has 0 amide bonds. The molecule has 3 unspecified atom stereocenters. The van der Waals surface area contributed by atoms with Gasteiger partial charge in [0.2, 0.25) is 0 Å². The molecule has 0 spiro atoms. The van der Waals surface area contributed by atoms with Gasteiger partial charge in [-0.2, -0.15) is 0 Å². The van der Waals surface area contributed by atoms with Crippen molar-refractivity contribution in [3.63, 3.8) is 0 Å². The number of carbonyl (C=O) groups excluding carboxylic acids is 2. The average Bonchev–Trinajstić information content (AvgIpc) is 3.52. The molecule has 0 aromatic rings. The molecule has 2 aliphatic carbocycles. The second kappa shape index (κ2) is 11.7. The molecule has 5 rings (SSSR count). The molecule has 0 N–H and O–H groups in total. The lowest BCUT2D eigenvalue weighted by atomic mass is 9.46. The van der Waals surface area contributed by atoms with Crippen LogP contribution in [0.15, 0.2) is 23.8 Å². The van der Waals surface area contributed by atoms with Crippen LogP contribution in [0.2, 0.25) is 0 Å². The van der Waals surface area contributed by atoms with E-state index in [4.69, 9.17) is 18.9 Å². The van der Waals surface area contributed by atoms with E-state index in [1.165, 1.54) is 17.7 Å². The van der Waals surface area contributed by atoms with Crippen molar-refractivity contribution in [3.05, 3.63) is 23.8 Å². The predicted molar refractivity (Wildman–Crippen MR) is 156 cm³/mol. The second-order valence-electron chi connectivity index (χ2n) is 13.2. The first-order valence-electron chi connectivity index (χ1n) is 14.9. The summed E-state index contributed by atoms with van der Waals surface area (Å²) < 4.78 is 23.7. The van der Waals surface area contributed by atoms with Gasteiger partial charge in [-0.3, -0.25) is 4.79 Å². The normalized spacial score (nSPS) is 40.7. The highest BCUT2D eigenvalue weighted by molar-refractivity contribution is 8.77. The SMILES string of the molecule is C=C1CCC2[C@]3(C)COC(C)(C)OC3CC[C@@]2(C)[C@@H]1C/C=C1/C(=O)OC[C@H]1OC(=O)CCCCC1CCSS1. The minimum absolute atomic E-state index is 0.0383. The monoisotopic (exact) mass is 578 g/mol. The molecule has 3 aliphatic heterocycles. The van der Waals surface area contributed by atoms with Gasteiger partial charge in [-0.05, 0) is 82.5 Å². The largest absolute Gasteiger partial charge is 0.458 e. The highest BCUT2D eigenvalue weighted by Gasteiger charge is 2.60. The maximum atomic E-state index is 12.6. The summed E-state index contributed by atoms with van der Waals surface area (Å²) in [6.07, 6.45) is 11.1. The Morgan fingerprint density at radius 3 is 2.74 bits per heavy atom. The third-order valence-corrected chi connectivity index (χ3v) is 13.2. The van der Waals surface area contributed by atoms with Crippen molar-refractivity contribution in [2.75, 3.05) is 19.0 Å². The van der Waals surface area contributed by atoms with E-state index in [-0.39, 0.29) is 41.4 Å². The number of hydrogen-bond acceptors (Lipinski definition) is 8. The van der Waals surface area contributed by atoms with Gasteiger partial charge in [0.15, 0.2) is 11.9 Å². The molecule has 0 bridgehead atoms. The van der Waals surface area contributed by atoms with Crippen molar-refractivity contribution in [2.45, 2.75) is 115 Å². The molecule has 3 saturated heterocycles. The number of cyclic esters (lactones) is 1. The van der Waals surface area contributed by atoms with Crippen LogP contribution in [0.4, 0.5) is 0 Å².